The van der Waals surface area contributed by atoms with E-state index in [2.05, 4.69) is 5.32 Å². The highest BCUT2D eigenvalue weighted by Gasteiger charge is 2.26. The minimum Gasteiger partial charge on any atom is -0.492 e. The van der Waals surface area contributed by atoms with Crippen molar-refractivity contribution in [3.8, 4) is 5.75 Å². The third-order valence-electron chi connectivity index (χ3n) is 4.48. The predicted octanol–water partition coefficient (Wildman–Crippen LogP) is 3.51. The number of hydrogen-bond acceptors (Lipinski definition) is 4. The van der Waals surface area contributed by atoms with Crippen LogP contribution in [0.3, 0.4) is 0 Å². The van der Waals surface area contributed by atoms with Crippen LogP contribution in [0.5, 0.6) is 5.75 Å². The van der Waals surface area contributed by atoms with Crippen molar-refractivity contribution in [3.63, 3.8) is 0 Å². The lowest BCUT2D eigenvalue weighted by molar-refractivity contribution is 0.102. The van der Waals surface area contributed by atoms with Crippen LogP contribution in [0.1, 0.15) is 36.5 Å². The van der Waals surface area contributed by atoms with Crippen molar-refractivity contribution in [3.05, 3.63) is 54.1 Å². The van der Waals surface area contributed by atoms with E-state index >= 15 is 0 Å². The molecule has 7 heteroatoms. The number of carbonyl (C=O) groups excluding carboxylic acids is 1. The van der Waals surface area contributed by atoms with Gasteiger partial charge in [-0.15, -0.1) is 0 Å². The molecule has 1 aliphatic rings. The smallest absolute Gasteiger partial charge is 0.255 e. The molecule has 0 bridgehead atoms. The number of piperidine rings is 1. The summed E-state index contributed by atoms with van der Waals surface area (Å²) in [6.07, 6.45) is 2.79. The minimum atomic E-state index is -3.58. The number of amides is 1. The van der Waals surface area contributed by atoms with Gasteiger partial charge in [-0.25, -0.2) is 8.42 Å². The monoisotopic (exact) mass is 388 g/mol. The fourth-order valence-corrected chi connectivity index (χ4v) is 4.66. The van der Waals surface area contributed by atoms with Crippen molar-refractivity contribution in [1.82, 2.24) is 4.31 Å². The van der Waals surface area contributed by atoms with Crippen LogP contribution in [0.25, 0.3) is 0 Å². The zero-order chi connectivity index (χ0) is 19.3. The van der Waals surface area contributed by atoms with E-state index in [4.69, 9.17) is 4.74 Å². The Bertz CT molecular complexity index is 906. The van der Waals surface area contributed by atoms with E-state index in [1.54, 1.807) is 30.3 Å². The molecule has 1 fully saturated rings. The molecule has 0 saturated carbocycles. The fraction of sp³-hybridized carbons (Fsp3) is 0.350. The van der Waals surface area contributed by atoms with Gasteiger partial charge in [-0.2, -0.15) is 4.31 Å². The molecule has 1 aliphatic heterocycles. The molecule has 1 N–H and O–H groups in total. The second-order valence-electron chi connectivity index (χ2n) is 6.38. The summed E-state index contributed by atoms with van der Waals surface area (Å²) >= 11 is 0. The number of sulfonamides is 1. The normalized spacial score (nSPS) is 15.3. The number of benzene rings is 2. The van der Waals surface area contributed by atoms with Crippen LogP contribution in [0, 0.1) is 0 Å². The number of nitrogens with zero attached hydrogens (tertiary/aromatic N) is 1. The molecule has 0 aliphatic carbocycles. The highest BCUT2D eigenvalue weighted by molar-refractivity contribution is 7.89. The summed E-state index contributed by atoms with van der Waals surface area (Å²) in [7, 11) is -3.58. The van der Waals surface area contributed by atoms with Crippen LogP contribution < -0.4 is 10.1 Å². The molecule has 27 heavy (non-hydrogen) atoms. The number of para-hydroxylation sites is 2. The third-order valence-corrected chi connectivity index (χ3v) is 6.38. The summed E-state index contributed by atoms with van der Waals surface area (Å²) in [5, 5.41) is 2.80. The van der Waals surface area contributed by atoms with Gasteiger partial charge in [0.1, 0.15) is 5.75 Å². The molecule has 1 saturated heterocycles. The lowest BCUT2D eigenvalue weighted by Gasteiger charge is -2.26. The Labute approximate surface area is 160 Å². The van der Waals surface area contributed by atoms with Crippen LogP contribution in [-0.2, 0) is 10.0 Å². The second kappa shape index (κ2) is 8.54. The van der Waals surface area contributed by atoms with Crippen LogP contribution in [-0.4, -0.2) is 38.3 Å². The summed E-state index contributed by atoms with van der Waals surface area (Å²) in [5.41, 5.74) is 0.841. The maximum absolute atomic E-state index is 12.8. The zero-order valence-electron chi connectivity index (χ0n) is 15.3. The fourth-order valence-electron chi connectivity index (χ4n) is 3.10. The highest BCUT2D eigenvalue weighted by Crippen LogP contribution is 2.25. The van der Waals surface area contributed by atoms with Crippen molar-refractivity contribution in [2.45, 2.75) is 31.1 Å². The van der Waals surface area contributed by atoms with Gasteiger partial charge in [0.25, 0.3) is 5.91 Å². The molecule has 0 unspecified atom stereocenters. The molecule has 1 amide bonds. The lowest BCUT2D eigenvalue weighted by atomic mass is 10.2. The van der Waals surface area contributed by atoms with Gasteiger partial charge in [0.15, 0.2) is 0 Å². The zero-order valence-corrected chi connectivity index (χ0v) is 16.2. The average Bonchev–Trinajstić information content (AvgIpc) is 2.70. The Morgan fingerprint density at radius 3 is 2.56 bits per heavy atom. The molecule has 3 rings (SSSR count). The first kappa shape index (κ1) is 19.4. The number of hydrogen-bond donors (Lipinski definition) is 1. The summed E-state index contributed by atoms with van der Waals surface area (Å²) in [6, 6.07) is 13.3. The molecule has 2 aromatic carbocycles. The minimum absolute atomic E-state index is 0.148. The molecule has 1 heterocycles. The van der Waals surface area contributed by atoms with E-state index in [0.29, 0.717) is 36.7 Å². The van der Waals surface area contributed by atoms with Gasteiger partial charge in [-0.05, 0) is 50.1 Å². The molecule has 0 aromatic heterocycles. The standard InChI is InChI=1S/C20H24N2O4S/c1-2-26-19-12-5-4-11-18(19)21-20(23)16-9-8-10-17(15-16)27(24,25)22-13-6-3-7-14-22/h4-5,8-12,15H,2-3,6-7,13-14H2,1H3,(H,21,23). The Morgan fingerprint density at radius 2 is 1.81 bits per heavy atom. The predicted molar refractivity (Wildman–Crippen MR) is 105 cm³/mol. The van der Waals surface area contributed by atoms with Crippen molar-refractivity contribution in [1.29, 1.82) is 0 Å². The van der Waals surface area contributed by atoms with Gasteiger partial charge in [-0.1, -0.05) is 24.6 Å². The molecule has 2 aromatic rings. The average molecular weight is 388 g/mol. The van der Waals surface area contributed by atoms with Crippen LogP contribution in [0.2, 0.25) is 0 Å². The molecule has 0 spiro atoms. The summed E-state index contributed by atoms with van der Waals surface area (Å²) < 4.78 is 32.7. The van der Waals surface area contributed by atoms with Gasteiger partial charge in [0.05, 0.1) is 17.2 Å². The Kier molecular flexibility index (Phi) is 6.13. The Morgan fingerprint density at radius 1 is 1.07 bits per heavy atom. The number of nitrogens with one attached hydrogen (secondary N) is 1. The van der Waals surface area contributed by atoms with E-state index in [-0.39, 0.29) is 10.8 Å². The van der Waals surface area contributed by atoms with Crippen LogP contribution in [0.4, 0.5) is 5.69 Å². The Balaban J connectivity index is 1.82. The largest absolute Gasteiger partial charge is 0.492 e. The summed E-state index contributed by atoms with van der Waals surface area (Å²) in [5.74, 6) is 0.197. The quantitative estimate of drug-likeness (QED) is 0.822. The van der Waals surface area contributed by atoms with Gasteiger partial charge in [-0.3, -0.25) is 4.79 Å². The number of carbonyl (C=O) groups is 1. The second-order valence-corrected chi connectivity index (χ2v) is 8.31. The van der Waals surface area contributed by atoms with Crippen LogP contribution >= 0.6 is 0 Å². The first-order chi connectivity index (χ1) is 13.0. The number of anilines is 1. The van der Waals surface area contributed by atoms with Crippen molar-refractivity contribution >= 4 is 21.6 Å². The highest BCUT2D eigenvalue weighted by atomic mass is 32.2. The third kappa shape index (κ3) is 4.48. The first-order valence-corrected chi connectivity index (χ1v) is 10.6. The van der Waals surface area contributed by atoms with E-state index in [0.717, 1.165) is 19.3 Å². The topological polar surface area (TPSA) is 75.7 Å². The molecular weight excluding hydrogens is 364 g/mol. The van der Waals surface area contributed by atoms with Gasteiger partial charge in [0.2, 0.25) is 10.0 Å². The molecule has 144 valence electrons. The maximum atomic E-state index is 12.8. The summed E-state index contributed by atoms with van der Waals surface area (Å²) in [6.45, 7) is 3.41. The van der Waals surface area contributed by atoms with E-state index in [1.807, 2.05) is 13.0 Å². The van der Waals surface area contributed by atoms with Crippen molar-refractivity contribution in [2.75, 3.05) is 25.0 Å². The molecular formula is C20H24N2O4S. The SMILES string of the molecule is CCOc1ccccc1NC(=O)c1cccc(S(=O)(=O)N2CCCCC2)c1. The first-order valence-electron chi connectivity index (χ1n) is 9.16. The van der Waals surface area contributed by atoms with Gasteiger partial charge in [0, 0.05) is 18.7 Å². The van der Waals surface area contributed by atoms with E-state index in [1.165, 1.54) is 16.4 Å². The lowest BCUT2D eigenvalue weighted by Crippen LogP contribution is -2.35. The number of rotatable bonds is 6. The summed E-state index contributed by atoms with van der Waals surface area (Å²) in [4.78, 5) is 12.8. The van der Waals surface area contributed by atoms with Gasteiger partial charge >= 0.3 is 0 Å². The maximum Gasteiger partial charge on any atom is 0.255 e. The molecule has 0 radical (unpaired) electrons. The molecule has 6 nitrogen and oxygen atoms in total. The number of ether oxygens (including phenoxy) is 1. The van der Waals surface area contributed by atoms with E-state index in [9.17, 15) is 13.2 Å². The van der Waals surface area contributed by atoms with Crippen molar-refractivity contribution < 1.29 is 17.9 Å². The van der Waals surface area contributed by atoms with Crippen LogP contribution in [0.15, 0.2) is 53.4 Å². The Hall–Kier alpha value is -2.38. The van der Waals surface area contributed by atoms with Crippen molar-refractivity contribution in [2.24, 2.45) is 0 Å². The van der Waals surface area contributed by atoms with Gasteiger partial charge < -0.3 is 10.1 Å². The molecule has 0 atom stereocenters. The van der Waals surface area contributed by atoms with E-state index < -0.39 is 10.0 Å².